The van der Waals surface area contributed by atoms with E-state index in [1.807, 2.05) is 35.2 Å². The van der Waals surface area contributed by atoms with Gasteiger partial charge in [-0.3, -0.25) is 14.4 Å². The summed E-state index contributed by atoms with van der Waals surface area (Å²) < 4.78 is -0.745. The minimum atomic E-state index is -0.752. The largest absolute Gasteiger partial charge is 0.394 e. The van der Waals surface area contributed by atoms with Crippen LogP contribution in [0.1, 0.15) is 60.3 Å². The number of rotatable bonds is 14. The van der Waals surface area contributed by atoms with E-state index in [0.717, 1.165) is 24.9 Å². The number of fused-ring (bicyclic) bond motifs is 1. The van der Waals surface area contributed by atoms with Gasteiger partial charge in [0.1, 0.15) is 6.04 Å². The number of hydrogen-bond acceptors (Lipinski definition) is 5. The van der Waals surface area contributed by atoms with E-state index >= 15 is 0 Å². The van der Waals surface area contributed by atoms with E-state index < -0.39 is 28.7 Å². The highest BCUT2D eigenvalue weighted by Crippen LogP contribution is 2.69. The molecule has 3 aliphatic heterocycles. The molecule has 3 fully saturated rings. The number of nitrogens with zero attached hydrogens (tertiary/aromatic N) is 3. The first-order valence-electron chi connectivity index (χ1n) is 15.6. The summed E-state index contributed by atoms with van der Waals surface area (Å²) in [7, 11) is 0. The molecule has 4 unspecified atom stereocenters. The van der Waals surface area contributed by atoms with E-state index in [1.54, 1.807) is 33.7 Å². The van der Waals surface area contributed by atoms with E-state index in [0.29, 0.717) is 19.5 Å². The van der Waals surface area contributed by atoms with E-state index in [2.05, 4.69) is 47.8 Å². The van der Waals surface area contributed by atoms with Crippen molar-refractivity contribution in [1.29, 1.82) is 0 Å². The molecule has 0 saturated carbocycles. The molecule has 3 aliphatic rings. The molecule has 0 radical (unpaired) electrons. The zero-order valence-corrected chi connectivity index (χ0v) is 26.8. The van der Waals surface area contributed by atoms with Gasteiger partial charge in [0.15, 0.2) is 0 Å². The summed E-state index contributed by atoms with van der Waals surface area (Å²) in [6, 6.07) is 8.25. The Kier molecular flexibility index (Phi) is 10.3. The van der Waals surface area contributed by atoms with Gasteiger partial charge in [0.2, 0.25) is 17.7 Å². The number of likely N-dealkylation sites (tertiary alicyclic amines) is 1. The van der Waals surface area contributed by atoms with Gasteiger partial charge < -0.3 is 19.8 Å². The Labute approximate surface area is 256 Å². The molecule has 1 N–H and O–H groups in total. The second-order valence-electron chi connectivity index (χ2n) is 12.8. The molecule has 1 aromatic rings. The maximum absolute atomic E-state index is 14.8. The number of thioether (sulfide) groups is 1. The second kappa shape index (κ2) is 13.4. The topological polar surface area (TPSA) is 81.2 Å². The third-order valence-electron chi connectivity index (χ3n) is 9.54. The fraction of sp³-hybridized carbons (Fsp3) is 0.618. The van der Waals surface area contributed by atoms with Crippen molar-refractivity contribution >= 4 is 35.2 Å². The zero-order chi connectivity index (χ0) is 30.8. The van der Waals surface area contributed by atoms with Crippen LogP contribution in [0.15, 0.2) is 55.6 Å². The molecule has 3 amide bonds. The van der Waals surface area contributed by atoms with Crippen molar-refractivity contribution in [1.82, 2.24) is 9.80 Å². The molecule has 1 aromatic carbocycles. The van der Waals surface area contributed by atoms with Gasteiger partial charge in [-0.05, 0) is 50.2 Å². The summed E-state index contributed by atoms with van der Waals surface area (Å²) in [6.45, 7) is 18.7. The predicted molar refractivity (Wildman–Crippen MR) is 171 cm³/mol. The van der Waals surface area contributed by atoms with Crippen LogP contribution in [0.4, 0.5) is 5.69 Å². The molecular weight excluding hydrogens is 546 g/mol. The van der Waals surface area contributed by atoms with Gasteiger partial charge in [-0.2, -0.15) is 0 Å². The normalized spacial score (nSPS) is 29.4. The first-order valence-corrected chi connectivity index (χ1v) is 16.5. The molecule has 1 spiro atoms. The number of aliphatic hydroxyl groups excluding tert-OH is 1. The van der Waals surface area contributed by atoms with Gasteiger partial charge in [0, 0.05) is 30.1 Å². The van der Waals surface area contributed by atoms with Gasteiger partial charge in [-0.15, -0.1) is 24.9 Å². The summed E-state index contributed by atoms with van der Waals surface area (Å²) in [5.74, 6) is -1.27. The Morgan fingerprint density at radius 1 is 1.14 bits per heavy atom. The van der Waals surface area contributed by atoms with Crippen molar-refractivity contribution in [2.24, 2.45) is 23.7 Å². The fourth-order valence-electron chi connectivity index (χ4n) is 7.83. The Morgan fingerprint density at radius 3 is 2.38 bits per heavy atom. The standard InChI is InChI=1S/C34H49N3O4S/c1-8-14-24(7)35(17-9-2)33(41)30-34-23(6)20-27(42-34)28(29(34)32(40)37(30)26(21-38)19-22(4)5)31(39)36(18-10-3)25-15-12-11-13-16-25/h9-13,15-16,22-24,26-30,38H,2-3,8,14,17-21H2,1,4-7H3/t23?,24?,26-,27+,28-,29+,30?,34?/m1/s1. The van der Waals surface area contributed by atoms with Gasteiger partial charge >= 0.3 is 0 Å². The van der Waals surface area contributed by atoms with Crippen molar-refractivity contribution < 1.29 is 19.5 Å². The third-order valence-corrected chi connectivity index (χ3v) is 11.6. The SMILES string of the molecule is C=CCN(C(=O)[C@@H]1[C@@H]2CC(C)C3(S2)C(C(=O)N(CC=C)C(C)CCC)N([C@@H](CO)CC(C)C)C(=O)[C@H]13)c1ccccc1. The molecule has 3 saturated heterocycles. The van der Waals surface area contributed by atoms with Gasteiger partial charge in [-0.25, -0.2) is 0 Å². The lowest BCUT2D eigenvalue weighted by Crippen LogP contribution is -2.60. The molecule has 0 aromatic heterocycles. The van der Waals surface area contributed by atoms with Crippen molar-refractivity contribution in [2.45, 2.75) is 88.4 Å². The van der Waals surface area contributed by atoms with Gasteiger partial charge in [0.05, 0.1) is 29.2 Å². The molecule has 0 aliphatic carbocycles. The minimum absolute atomic E-state index is 0.0249. The Hall–Kier alpha value is -2.58. The van der Waals surface area contributed by atoms with Crippen molar-refractivity contribution in [3.05, 3.63) is 55.6 Å². The highest BCUT2D eigenvalue weighted by atomic mass is 32.2. The van der Waals surface area contributed by atoms with Crippen molar-refractivity contribution in [2.75, 3.05) is 24.6 Å². The lowest BCUT2D eigenvalue weighted by molar-refractivity contribution is -0.147. The van der Waals surface area contributed by atoms with Gasteiger partial charge in [-0.1, -0.05) is 64.5 Å². The number of carbonyl (C=O) groups is 3. The lowest BCUT2D eigenvalue weighted by atomic mass is 9.65. The van der Waals surface area contributed by atoms with Crippen molar-refractivity contribution in [3.8, 4) is 0 Å². The Bertz CT molecular complexity index is 1160. The average Bonchev–Trinajstić information content (AvgIpc) is 3.56. The minimum Gasteiger partial charge on any atom is -0.394 e. The summed E-state index contributed by atoms with van der Waals surface area (Å²) in [6.07, 6.45) is 6.57. The first-order chi connectivity index (χ1) is 20.1. The summed E-state index contributed by atoms with van der Waals surface area (Å²) in [5, 5.41) is 10.6. The highest BCUT2D eigenvalue weighted by Gasteiger charge is 2.77. The smallest absolute Gasteiger partial charge is 0.247 e. The Morgan fingerprint density at radius 2 is 1.81 bits per heavy atom. The lowest BCUT2D eigenvalue weighted by Gasteiger charge is -2.43. The van der Waals surface area contributed by atoms with Crippen LogP contribution in [-0.2, 0) is 14.4 Å². The second-order valence-corrected chi connectivity index (χ2v) is 14.3. The van der Waals surface area contributed by atoms with Crippen LogP contribution in [0.2, 0.25) is 0 Å². The van der Waals surface area contributed by atoms with Crippen LogP contribution in [0, 0.1) is 23.7 Å². The van der Waals surface area contributed by atoms with Crippen LogP contribution < -0.4 is 4.90 Å². The van der Waals surface area contributed by atoms with Gasteiger partial charge in [0.25, 0.3) is 0 Å². The molecule has 8 heteroatoms. The van der Waals surface area contributed by atoms with E-state index in [9.17, 15) is 19.5 Å². The molecule has 4 rings (SSSR count). The number of amides is 3. The highest BCUT2D eigenvalue weighted by molar-refractivity contribution is 8.02. The zero-order valence-electron chi connectivity index (χ0n) is 25.9. The van der Waals surface area contributed by atoms with Crippen LogP contribution in [0.5, 0.6) is 0 Å². The molecular formula is C34H49N3O4S. The number of aliphatic hydroxyl groups is 1. The number of carbonyl (C=O) groups excluding carboxylic acids is 3. The van der Waals surface area contributed by atoms with Crippen molar-refractivity contribution in [3.63, 3.8) is 0 Å². The maximum Gasteiger partial charge on any atom is 0.247 e. The predicted octanol–water partition coefficient (Wildman–Crippen LogP) is 5.15. The Balaban J connectivity index is 1.84. The summed E-state index contributed by atoms with van der Waals surface area (Å²) >= 11 is 1.69. The molecule has 8 atom stereocenters. The van der Waals surface area contributed by atoms with Crippen LogP contribution in [0.25, 0.3) is 0 Å². The van der Waals surface area contributed by atoms with Crippen LogP contribution in [0.3, 0.4) is 0 Å². The van der Waals surface area contributed by atoms with E-state index in [4.69, 9.17) is 0 Å². The monoisotopic (exact) mass is 595 g/mol. The maximum atomic E-state index is 14.8. The molecule has 7 nitrogen and oxygen atoms in total. The van der Waals surface area contributed by atoms with Crippen LogP contribution >= 0.6 is 11.8 Å². The summed E-state index contributed by atoms with van der Waals surface area (Å²) in [4.78, 5) is 49.3. The quantitative estimate of drug-likeness (QED) is 0.301. The number of benzene rings is 1. The molecule has 2 bridgehead atoms. The van der Waals surface area contributed by atoms with E-state index in [-0.39, 0.29) is 47.5 Å². The third kappa shape index (κ3) is 5.45. The summed E-state index contributed by atoms with van der Waals surface area (Å²) in [5.41, 5.74) is 0.769. The number of para-hydroxylation sites is 1. The fourth-order valence-corrected chi connectivity index (χ4v) is 10.2. The average molecular weight is 596 g/mol. The van der Waals surface area contributed by atoms with Crippen LogP contribution in [-0.4, -0.2) is 80.4 Å². The molecule has 3 heterocycles. The number of hydrogen-bond donors (Lipinski definition) is 1. The first kappa shape index (κ1) is 32.3. The molecule has 230 valence electrons. The molecule has 42 heavy (non-hydrogen) atoms. The number of anilines is 1. The van der Waals surface area contributed by atoms with E-state index in [1.165, 1.54) is 0 Å².